The van der Waals surface area contributed by atoms with E-state index in [4.69, 9.17) is 4.74 Å². The van der Waals surface area contributed by atoms with E-state index in [2.05, 4.69) is 0 Å². The van der Waals surface area contributed by atoms with Crippen LogP contribution in [0.5, 0.6) is 5.75 Å². The molecule has 4 nitrogen and oxygen atoms in total. The minimum absolute atomic E-state index is 0.0284. The predicted octanol–water partition coefficient (Wildman–Crippen LogP) is 1.91. The molecule has 1 aromatic carbocycles. The molecule has 0 saturated heterocycles. The van der Waals surface area contributed by atoms with E-state index in [1.165, 1.54) is 4.90 Å². The predicted molar refractivity (Wildman–Crippen MR) is 70.6 cm³/mol. The third-order valence-corrected chi connectivity index (χ3v) is 2.69. The van der Waals surface area contributed by atoms with Gasteiger partial charge in [0.2, 0.25) is 5.91 Å². The van der Waals surface area contributed by atoms with Gasteiger partial charge in [0.15, 0.2) is 0 Å². The van der Waals surface area contributed by atoms with Crippen LogP contribution in [0, 0.1) is 6.92 Å². The van der Waals surface area contributed by atoms with Gasteiger partial charge in [0.1, 0.15) is 5.75 Å². The highest BCUT2D eigenvalue weighted by molar-refractivity contribution is 5.75. The number of nitrogens with zero attached hydrogens (tertiary/aromatic N) is 1. The fourth-order valence-electron chi connectivity index (χ4n) is 1.60. The van der Waals surface area contributed by atoms with Crippen molar-refractivity contribution < 1.29 is 14.6 Å². The molecule has 0 heterocycles. The summed E-state index contributed by atoms with van der Waals surface area (Å²) in [6, 6.07) is 5.65. The fourth-order valence-corrected chi connectivity index (χ4v) is 1.60. The molecule has 18 heavy (non-hydrogen) atoms. The van der Waals surface area contributed by atoms with Crippen molar-refractivity contribution in [2.24, 2.45) is 0 Å². The minimum Gasteiger partial charge on any atom is -0.493 e. The van der Waals surface area contributed by atoms with E-state index < -0.39 is 6.10 Å². The number of benzene rings is 1. The van der Waals surface area contributed by atoms with Gasteiger partial charge < -0.3 is 14.7 Å². The quantitative estimate of drug-likeness (QED) is 0.869. The van der Waals surface area contributed by atoms with Gasteiger partial charge in [-0.05, 0) is 26.0 Å². The Morgan fingerprint density at radius 2 is 2.11 bits per heavy atom. The fraction of sp³-hybridized carbons (Fsp3) is 0.500. The number of aliphatic hydroxyl groups excluding tert-OH is 1. The number of rotatable bonds is 5. The van der Waals surface area contributed by atoms with Gasteiger partial charge in [0.05, 0.1) is 19.1 Å². The zero-order chi connectivity index (χ0) is 13.7. The first-order valence-electron chi connectivity index (χ1n) is 6.03. The second-order valence-electron chi connectivity index (χ2n) is 4.60. The van der Waals surface area contributed by atoms with Crippen LogP contribution < -0.4 is 4.74 Å². The first kappa shape index (κ1) is 14.5. The molecule has 0 radical (unpaired) electrons. The number of hydrogen-bond acceptors (Lipinski definition) is 3. The molecule has 1 rings (SSSR count). The van der Waals surface area contributed by atoms with Crippen molar-refractivity contribution in [1.82, 2.24) is 4.90 Å². The number of carbonyl (C=O) groups excluding carboxylic acids is 1. The van der Waals surface area contributed by atoms with Crippen LogP contribution in [0.2, 0.25) is 0 Å². The van der Waals surface area contributed by atoms with Crippen molar-refractivity contribution in [1.29, 1.82) is 0 Å². The topological polar surface area (TPSA) is 49.8 Å². The molecule has 1 amide bonds. The van der Waals surface area contributed by atoms with E-state index >= 15 is 0 Å². The largest absolute Gasteiger partial charge is 0.493 e. The van der Waals surface area contributed by atoms with Crippen LogP contribution in [-0.4, -0.2) is 36.6 Å². The maximum absolute atomic E-state index is 11.4. The summed E-state index contributed by atoms with van der Waals surface area (Å²) in [5.41, 5.74) is 1.83. The van der Waals surface area contributed by atoms with E-state index in [0.717, 1.165) is 11.1 Å². The maximum Gasteiger partial charge on any atom is 0.225 e. The third kappa shape index (κ3) is 4.04. The number of carbonyl (C=O) groups is 1. The smallest absolute Gasteiger partial charge is 0.225 e. The molecule has 0 aromatic heterocycles. The highest BCUT2D eigenvalue weighted by atomic mass is 16.5. The van der Waals surface area contributed by atoms with Gasteiger partial charge in [-0.2, -0.15) is 0 Å². The van der Waals surface area contributed by atoms with Crippen LogP contribution in [0.3, 0.4) is 0 Å². The first-order valence-corrected chi connectivity index (χ1v) is 6.03. The van der Waals surface area contributed by atoms with E-state index in [9.17, 15) is 9.90 Å². The lowest BCUT2D eigenvalue weighted by Crippen LogP contribution is -2.23. The second kappa shape index (κ2) is 6.40. The Morgan fingerprint density at radius 3 is 2.67 bits per heavy atom. The van der Waals surface area contributed by atoms with Crippen molar-refractivity contribution in [3.05, 3.63) is 29.3 Å². The molecule has 0 unspecified atom stereocenters. The third-order valence-electron chi connectivity index (χ3n) is 2.69. The zero-order valence-corrected chi connectivity index (χ0v) is 11.4. The van der Waals surface area contributed by atoms with E-state index in [1.54, 1.807) is 21.0 Å². The molecule has 0 aliphatic carbocycles. The van der Waals surface area contributed by atoms with Gasteiger partial charge in [0, 0.05) is 19.7 Å². The Morgan fingerprint density at radius 1 is 1.44 bits per heavy atom. The van der Waals surface area contributed by atoms with Crippen molar-refractivity contribution in [2.45, 2.75) is 26.4 Å². The highest BCUT2D eigenvalue weighted by Gasteiger charge is 2.10. The van der Waals surface area contributed by atoms with E-state index in [-0.39, 0.29) is 5.91 Å². The molecular formula is C14H21NO3. The average Bonchev–Trinajstić information content (AvgIpc) is 2.30. The van der Waals surface area contributed by atoms with Crippen molar-refractivity contribution in [2.75, 3.05) is 20.7 Å². The maximum atomic E-state index is 11.4. The minimum atomic E-state index is -0.579. The standard InChI is InChI=1S/C14H21NO3/c1-10-5-6-13(12(9-10)11(2)16)18-8-7-14(17)15(3)4/h5-6,9,11,16H,7-8H2,1-4H3/t11-/m1/s1. The van der Waals surface area contributed by atoms with Crippen LogP contribution in [0.25, 0.3) is 0 Å². The number of ether oxygens (including phenoxy) is 1. The zero-order valence-electron chi connectivity index (χ0n) is 11.4. The monoisotopic (exact) mass is 251 g/mol. The summed E-state index contributed by atoms with van der Waals surface area (Å²) in [5.74, 6) is 0.669. The van der Waals surface area contributed by atoms with Gasteiger partial charge in [-0.15, -0.1) is 0 Å². The number of aliphatic hydroxyl groups is 1. The number of amides is 1. The molecule has 1 N–H and O–H groups in total. The van der Waals surface area contributed by atoms with Gasteiger partial charge in [-0.3, -0.25) is 4.79 Å². The molecule has 0 aliphatic heterocycles. The first-order chi connectivity index (χ1) is 8.41. The summed E-state index contributed by atoms with van der Waals surface area (Å²) in [6.45, 7) is 3.98. The summed E-state index contributed by atoms with van der Waals surface area (Å²) in [7, 11) is 3.44. The van der Waals surface area contributed by atoms with Gasteiger partial charge in [-0.25, -0.2) is 0 Å². The van der Waals surface area contributed by atoms with Gasteiger partial charge in [-0.1, -0.05) is 11.6 Å². The molecule has 0 saturated carbocycles. The second-order valence-corrected chi connectivity index (χ2v) is 4.60. The summed E-state index contributed by atoms with van der Waals surface area (Å²) in [5, 5.41) is 9.67. The molecule has 0 spiro atoms. The highest BCUT2D eigenvalue weighted by Crippen LogP contribution is 2.26. The lowest BCUT2D eigenvalue weighted by Gasteiger charge is -2.15. The van der Waals surface area contributed by atoms with Crippen LogP contribution in [0.1, 0.15) is 30.6 Å². The summed E-state index contributed by atoms with van der Waals surface area (Å²) in [6.07, 6.45) is -0.246. The molecule has 1 atom stereocenters. The van der Waals surface area contributed by atoms with Crippen molar-refractivity contribution in [3.63, 3.8) is 0 Å². The van der Waals surface area contributed by atoms with Gasteiger partial charge in [0.25, 0.3) is 0 Å². The van der Waals surface area contributed by atoms with Crippen LogP contribution >= 0.6 is 0 Å². The molecule has 1 aromatic rings. The Bertz CT molecular complexity index is 414. The van der Waals surface area contributed by atoms with Gasteiger partial charge >= 0.3 is 0 Å². The normalized spacial score (nSPS) is 12.1. The SMILES string of the molecule is Cc1ccc(OCCC(=O)N(C)C)c([C@@H](C)O)c1. The van der Waals surface area contributed by atoms with Crippen LogP contribution in [0.15, 0.2) is 18.2 Å². The lowest BCUT2D eigenvalue weighted by molar-refractivity contribution is -0.129. The number of hydrogen-bond donors (Lipinski definition) is 1. The summed E-state index contributed by atoms with van der Waals surface area (Å²) < 4.78 is 5.57. The lowest BCUT2D eigenvalue weighted by atomic mass is 10.1. The van der Waals surface area contributed by atoms with E-state index in [1.807, 2.05) is 25.1 Å². The molecule has 4 heteroatoms. The Kier molecular flexibility index (Phi) is 5.16. The Balaban J connectivity index is 2.65. The Labute approximate surface area is 108 Å². The molecule has 100 valence electrons. The Hall–Kier alpha value is -1.55. The molecule has 0 bridgehead atoms. The summed E-state index contributed by atoms with van der Waals surface area (Å²) in [4.78, 5) is 12.9. The van der Waals surface area contributed by atoms with Crippen LogP contribution in [0.4, 0.5) is 0 Å². The van der Waals surface area contributed by atoms with Crippen molar-refractivity contribution >= 4 is 5.91 Å². The van der Waals surface area contributed by atoms with Crippen LogP contribution in [-0.2, 0) is 4.79 Å². The summed E-state index contributed by atoms with van der Waals surface area (Å²) >= 11 is 0. The van der Waals surface area contributed by atoms with E-state index in [0.29, 0.717) is 18.8 Å². The van der Waals surface area contributed by atoms with Crippen molar-refractivity contribution in [3.8, 4) is 5.75 Å². The number of aryl methyl sites for hydroxylation is 1. The molecular weight excluding hydrogens is 230 g/mol. The molecule has 0 aliphatic rings. The average molecular weight is 251 g/mol. The molecule has 0 fully saturated rings.